The Bertz CT molecular complexity index is 512. The maximum absolute atomic E-state index is 12.1. The molecule has 1 heteroatoms. The maximum atomic E-state index is 12.1. The monoisotopic (exact) mass is 240 g/mol. The third kappa shape index (κ3) is 3.30. The van der Waals surface area contributed by atoms with Crippen LogP contribution < -0.4 is 0 Å². The molecule has 0 bridgehead atoms. The highest BCUT2D eigenvalue weighted by atomic mass is 16.1. The summed E-state index contributed by atoms with van der Waals surface area (Å²) in [5, 5.41) is 0. The first-order chi connectivity index (χ1) is 8.68. The average molecular weight is 240 g/mol. The SMILES string of the molecule is CC.Cc1ccc(C(=O)c2ccccc2)cc1C. The number of hydrogen-bond donors (Lipinski definition) is 0. The molecule has 2 rings (SSSR count). The topological polar surface area (TPSA) is 17.1 Å². The number of hydrogen-bond acceptors (Lipinski definition) is 1. The summed E-state index contributed by atoms with van der Waals surface area (Å²) in [6.07, 6.45) is 0. The lowest BCUT2D eigenvalue weighted by Gasteiger charge is -2.04. The first kappa shape index (κ1) is 14.2. The van der Waals surface area contributed by atoms with Crippen LogP contribution in [0.25, 0.3) is 0 Å². The predicted octanol–water partition coefficient (Wildman–Crippen LogP) is 4.56. The summed E-state index contributed by atoms with van der Waals surface area (Å²) in [5.41, 5.74) is 3.87. The molecule has 0 aliphatic carbocycles. The van der Waals surface area contributed by atoms with Crippen LogP contribution in [0.4, 0.5) is 0 Å². The van der Waals surface area contributed by atoms with Crippen LogP contribution in [-0.4, -0.2) is 5.78 Å². The van der Waals surface area contributed by atoms with Crippen LogP contribution in [0.3, 0.4) is 0 Å². The van der Waals surface area contributed by atoms with Crippen molar-refractivity contribution >= 4 is 5.78 Å². The lowest BCUT2D eigenvalue weighted by Crippen LogP contribution is -2.01. The predicted molar refractivity (Wildman–Crippen MR) is 77.1 cm³/mol. The zero-order chi connectivity index (χ0) is 13.5. The van der Waals surface area contributed by atoms with Crippen molar-refractivity contribution in [2.24, 2.45) is 0 Å². The third-order valence-corrected chi connectivity index (χ3v) is 2.81. The zero-order valence-corrected chi connectivity index (χ0v) is 11.5. The first-order valence-electron chi connectivity index (χ1n) is 6.35. The number of rotatable bonds is 2. The second-order valence-corrected chi connectivity index (χ2v) is 3.99. The van der Waals surface area contributed by atoms with Crippen LogP contribution in [0.1, 0.15) is 40.9 Å². The van der Waals surface area contributed by atoms with Crippen molar-refractivity contribution in [2.45, 2.75) is 27.7 Å². The second-order valence-electron chi connectivity index (χ2n) is 3.99. The number of aryl methyl sites for hydroxylation is 2. The van der Waals surface area contributed by atoms with Gasteiger partial charge in [-0.1, -0.05) is 56.3 Å². The highest BCUT2D eigenvalue weighted by molar-refractivity contribution is 6.09. The van der Waals surface area contributed by atoms with Gasteiger partial charge in [0.25, 0.3) is 0 Å². The molecular formula is C17H20O. The van der Waals surface area contributed by atoms with Gasteiger partial charge < -0.3 is 0 Å². The van der Waals surface area contributed by atoms with E-state index in [2.05, 4.69) is 0 Å². The van der Waals surface area contributed by atoms with E-state index in [-0.39, 0.29) is 5.78 Å². The van der Waals surface area contributed by atoms with E-state index in [1.807, 2.05) is 76.2 Å². The fourth-order valence-corrected chi connectivity index (χ4v) is 1.64. The van der Waals surface area contributed by atoms with Gasteiger partial charge in [-0.15, -0.1) is 0 Å². The fraction of sp³-hybridized carbons (Fsp3) is 0.235. The Morgan fingerprint density at radius 3 is 1.94 bits per heavy atom. The Kier molecular flexibility index (Phi) is 5.31. The van der Waals surface area contributed by atoms with Gasteiger partial charge in [0.05, 0.1) is 0 Å². The first-order valence-corrected chi connectivity index (χ1v) is 6.35. The van der Waals surface area contributed by atoms with Gasteiger partial charge in [-0.2, -0.15) is 0 Å². The minimum absolute atomic E-state index is 0.0868. The van der Waals surface area contributed by atoms with Crippen molar-refractivity contribution in [2.75, 3.05) is 0 Å². The highest BCUT2D eigenvalue weighted by Gasteiger charge is 2.08. The molecule has 0 saturated carbocycles. The molecule has 0 spiro atoms. The minimum atomic E-state index is 0.0868. The van der Waals surface area contributed by atoms with E-state index in [4.69, 9.17) is 0 Å². The molecule has 0 aliphatic heterocycles. The van der Waals surface area contributed by atoms with Gasteiger partial charge in [0.15, 0.2) is 5.78 Å². The molecule has 0 aliphatic rings. The third-order valence-electron chi connectivity index (χ3n) is 2.81. The van der Waals surface area contributed by atoms with Gasteiger partial charge in [-0.25, -0.2) is 0 Å². The Morgan fingerprint density at radius 2 is 1.39 bits per heavy atom. The van der Waals surface area contributed by atoms with Crippen LogP contribution >= 0.6 is 0 Å². The van der Waals surface area contributed by atoms with Crippen molar-refractivity contribution in [1.82, 2.24) is 0 Å². The molecule has 18 heavy (non-hydrogen) atoms. The smallest absolute Gasteiger partial charge is 0.193 e. The van der Waals surface area contributed by atoms with E-state index in [1.54, 1.807) is 0 Å². The van der Waals surface area contributed by atoms with Crippen LogP contribution in [0.5, 0.6) is 0 Å². The van der Waals surface area contributed by atoms with Crippen molar-refractivity contribution in [3.05, 3.63) is 70.8 Å². The van der Waals surface area contributed by atoms with Crippen LogP contribution in [-0.2, 0) is 0 Å². The molecular weight excluding hydrogens is 220 g/mol. The normalized spacial score (nSPS) is 9.33. The summed E-state index contributed by atoms with van der Waals surface area (Å²) < 4.78 is 0. The summed E-state index contributed by atoms with van der Waals surface area (Å²) >= 11 is 0. The molecule has 0 atom stereocenters. The van der Waals surface area contributed by atoms with E-state index in [9.17, 15) is 4.79 Å². The maximum Gasteiger partial charge on any atom is 0.193 e. The summed E-state index contributed by atoms with van der Waals surface area (Å²) in [4.78, 5) is 12.1. The van der Waals surface area contributed by atoms with Gasteiger partial charge in [-0.3, -0.25) is 4.79 Å². The fourth-order valence-electron chi connectivity index (χ4n) is 1.64. The van der Waals surface area contributed by atoms with E-state index < -0.39 is 0 Å². The second kappa shape index (κ2) is 6.75. The van der Waals surface area contributed by atoms with Gasteiger partial charge >= 0.3 is 0 Å². The highest BCUT2D eigenvalue weighted by Crippen LogP contribution is 2.14. The van der Waals surface area contributed by atoms with Crippen molar-refractivity contribution < 1.29 is 4.79 Å². The Morgan fingerprint density at radius 1 is 0.778 bits per heavy atom. The number of ketones is 1. The Hall–Kier alpha value is -1.89. The zero-order valence-electron chi connectivity index (χ0n) is 11.5. The summed E-state index contributed by atoms with van der Waals surface area (Å²) in [6.45, 7) is 8.07. The van der Waals surface area contributed by atoms with Crippen molar-refractivity contribution in [3.63, 3.8) is 0 Å². The minimum Gasteiger partial charge on any atom is -0.289 e. The molecule has 0 saturated heterocycles. The quantitative estimate of drug-likeness (QED) is 0.703. The number of carbonyl (C=O) groups is 1. The molecule has 0 aromatic heterocycles. The molecule has 0 amide bonds. The van der Waals surface area contributed by atoms with E-state index in [1.165, 1.54) is 5.56 Å². The molecule has 0 unspecified atom stereocenters. The molecule has 0 radical (unpaired) electrons. The molecule has 0 N–H and O–H groups in total. The Balaban J connectivity index is 0.000000771. The summed E-state index contributed by atoms with van der Waals surface area (Å²) in [6, 6.07) is 15.2. The number of carbonyl (C=O) groups excluding carboxylic acids is 1. The lowest BCUT2D eigenvalue weighted by molar-refractivity contribution is 0.103. The van der Waals surface area contributed by atoms with E-state index >= 15 is 0 Å². The summed E-state index contributed by atoms with van der Waals surface area (Å²) in [5.74, 6) is 0.0868. The summed E-state index contributed by atoms with van der Waals surface area (Å²) in [7, 11) is 0. The molecule has 0 heterocycles. The van der Waals surface area contributed by atoms with E-state index in [0.717, 1.165) is 16.7 Å². The lowest BCUT2D eigenvalue weighted by atomic mass is 9.99. The number of benzene rings is 2. The van der Waals surface area contributed by atoms with Gasteiger partial charge in [0.1, 0.15) is 0 Å². The molecule has 94 valence electrons. The largest absolute Gasteiger partial charge is 0.289 e. The molecule has 2 aromatic carbocycles. The standard InChI is InChI=1S/C15H14O.C2H6/c1-11-8-9-14(10-12(11)2)15(16)13-6-4-3-5-7-13;1-2/h3-10H,1-2H3;1-2H3. The average Bonchev–Trinajstić information content (AvgIpc) is 2.44. The molecule has 0 fully saturated rings. The van der Waals surface area contributed by atoms with Crippen LogP contribution in [0.2, 0.25) is 0 Å². The molecule has 1 nitrogen and oxygen atoms in total. The van der Waals surface area contributed by atoms with E-state index in [0.29, 0.717) is 0 Å². The van der Waals surface area contributed by atoms with Gasteiger partial charge in [0.2, 0.25) is 0 Å². The van der Waals surface area contributed by atoms with Gasteiger partial charge in [0, 0.05) is 11.1 Å². The molecule has 2 aromatic rings. The van der Waals surface area contributed by atoms with Crippen LogP contribution in [0.15, 0.2) is 48.5 Å². The van der Waals surface area contributed by atoms with Crippen molar-refractivity contribution in [3.8, 4) is 0 Å². The van der Waals surface area contributed by atoms with Crippen molar-refractivity contribution in [1.29, 1.82) is 0 Å². The Labute approximate surface area is 109 Å². The van der Waals surface area contributed by atoms with Crippen LogP contribution in [0, 0.1) is 13.8 Å². The van der Waals surface area contributed by atoms with Gasteiger partial charge in [-0.05, 0) is 31.0 Å².